The van der Waals surface area contributed by atoms with Gasteiger partial charge in [-0.2, -0.15) is 0 Å². The minimum atomic E-state index is -1.06. The molecule has 2 N–H and O–H groups in total. The van der Waals surface area contributed by atoms with Crippen LogP contribution in [0.15, 0.2) is 140 Å². The zero-order chi connectivity index (χ0) is 28.3. The summed E-state index contributed by atoms with van der Waals surface area (Å²) in [4.78, 5) is 26.8. The molecular formula is C35H30N2O4. The van der Waals surface area contributed by atoms with E-state index in [2.05, 4.69) is 10.6 Å². The van der Waals surface area contributed by atoms with Crippen molar-refractivity contribution < 1.29 is 19.1 Å². The van der Waals surface area contributed by atoms with E-state index in [1.165, 1.54) is 0 Å². The van der Waals surface area contributed by atoms with Gasteiger partial charge in [-0.15, -0.1) is 0 Å². The van der Waals surface area contributed by atoms with Crippen LogP contribution in [0.3, 0.4) is 0 Å². The summed E-state index contributed by atoms with van der Waals surface area (Å²) in [6.07, 6.45) is 0. The second-order valence-electron chi connectivity index (χ2n) is 9.42. The first-order chi connectivity index (χ1) is 20.1. The maximum Gasteiger partial charge on any atom is 0.241 e. The molecule has 0 saturated carbocycles. The molecule has 0 aliphatic carbocycles. The first kappa shape index (κ1) is 27.2. The summed E-state index contributed by atoms with van der Waals surface area (Å²) in [5.41, 5.74) is 3.85. The molecule has 5 aromatic carbocycles. The summed E-state index contributed by atoms with van der Waals surface area (Å²) in [6, 6.07) is 43.0. The number of carbonyl (C=O) groups is 2. The van der Waals surface area contributed by atoms with Gasteiger partial charge in [0.15, 0.2) is 0 Å². The fourth-order valence-corrected chi connectivity index (χ4v) is 4.25. The highest BCUT2D eigenvalue weighted by Crippen LogP contribution is 2.24. The highest BCUT2D eigenvalue weighted by atomic mass is 16.5. The van der Waals surface area contributed by atoms with Crippen molar-refractivity contribution in [2.75, 3.05) is 10.6 Å². The molecule has 0 unspecified atom stereocenters. The summed E-state index contributed by atoms with van der Waals surface area (Å²) >= 11 is 0. The third-order valence-corrected chi connectivity index (χ3v) is 6.40. The predicted molar refractivity (Wildman–Crippen MR) is 161 cm³/mol. The Hall–Kier alpha value is -5.36. The SMILES string of the molecule is O=C(Nc1ccc(OCc2ccccc2)cc1)C(C(=O)Nc1ccc(OCc2ccccc2)cc1)c1ccccc1. The van der Waals surface area contributed by atoms with Crippen LogP contribution >= 0.6 is 0 Å². The molecule has 204 valence electrons. The quantitative estimate of drug-likeness (QED) is 0.173. The zero-order valence-corrected chi connectivity index (χ0v) is 22.4. The monoisotopic (exact) mass is 542 g/mol. The summed E-state index contributed by atoms with van der Waals surface area (Å²) < 4.78 is 11.7. The molecule has 0 spiro atoms. The lowest BCUT2D eigenvalue weighted by Gasteiger charge is -2.18. The van der Waals surface area contributed by atoms with Crippen LogP contribution < -0.4 is 20.1 Å². The summed E-state index contributed by atoms with van der Waals surface area (Å²) in [5, 5.41) is 5.75. The molecule has 0 aliphatic heterocycles. The van der Waals surface area contributed by atoms with Crippen molar-refractivity contribution in [2.45, 2.75) is 19.1 Å². The van der Waals surface area contributed by atoms with Gasteiger partial charge in [-0.3, -0.25) is 9.59 Å². The normalized spacial score (nSPS) is 10.6. The standard InChI is InChI=1S/C35H30N2O4/c38-34(36-29-16-20-31(21-17-29)40-24-26-10-4-1-5-11-26)33(28-14-8-3-9-15-28)35(39)37-30-18-22-32(23-19-30)41-25-27-12-6-2-7-13-27/h1-23,33H,24-25H2,(H,36,38)(H,37,39). The highest BCUT2D eigenvalue weighted by molar-refractivity contribution is 6.15. The van der Waals surface area contributed by atoms with E-state index in [9.17, 15) is 9.59 Å². The van der Waals surface area contributed by atoms with Crippen LogP contribution in [0.2, 0.25) is 0 Å². The molecule has 0 aromatic heterocycles. The highest BCUT2D eigenvalue weighted by Gasteiger charge is 2.28. The van der Waals surface area contributed by atoms with E-state index >= 15 is 0 Å². The third kappa shape index (κ3) is 7.83. The Labute approximate surface area is 239 Å². The van der Waals surface area contributed by atoms with Gasteiger partial charge in [-0.1, -0.05) is 91.0 Å². The number of amides is 2. The maximum absolute atomic E-state index is 13.4. The Morgan fingerprint density at radius 1 is 0.488 bits per heavy atom. The molecule has 5 aromatic rings. The van der Waals surface area contributed by atoms with Crippen LogP contribution in [0.4, 0.5) is 11.4 Å². The van der Waals surface area contributed by atoms with Gasteiger partial charge in [-0.05, 0) is 65.2 Å². The number of anilines is 2. The first-order valence-electron chi connectivity index (χ1n) is 13.3. The molecule has 0 aliphatic rings. The molecule has 0 heterocycles. The molecule has 0 radical (unpaired) electrons. The van der Waals surface area contributed by atoms with Gasteiger partial charge in [0, 0.05) is 11.4 Å². The molecule has 6 nitrogen and oxygen atoms in total. The van der Waals surface area contributed by atoms with E-state index in [1.807, 2.05) is 66.7 Å². The molecule has 6 heteroatoms. The lowest BCUT2D eigenvalue weighted by atomic mass is 9.97. The summed E-state index contributed by atoms with van der Waals surface area (Å²) in [5.74, 6) is -0.566. The third-order valence-electron chi connectivity index (χ3n) is 6.40. The molecule has 0 bridgehead atoms. The average molecular weight is 543 g/mol. The Morgan fingerprint density at radius 2 is 0.854 bits per heavy atom. The topological polar surface area (TPSA) is 76.7 Å². The van der Waals surface area contributed by atoms with E-state index in [0.717, 1.165) is 11.1 Å². The van der Waals surface area contributed by atoms with Crippen LogP contribution in [0.1, 0.15) is 22.6 Å². The maximum atomic E-state index is 13.4. The van der Waals surface area contributed by atoms with Crippen LogP contribution in [-0.2, 0) is 22.8 Å². The number of rotatable bonds is 11. The van der Waals surface area contributed by atoms with Gasteiger partial charge in [-0.25, -0.2) is 0 Å². The fraction of sp³-hybridized carbons (Fsp3) is 0.0857. The number of benzene rings is 5. The number of hydrogen-bond donors (Lipinski definition) is 2. The first-order valence-corrected chi connectivity index (χ1v) is 13.3. The van der Waals surface area contributed by atoms with Crippen molar-refractivity contribution in [2.24, 2.45) is 0 Å². The fourth-order valence-electron chi connectivity index (χ4n) is 4.25. The lowest BCUT2D eigenvalue weighted by molar-refractivity contribution is -0.125. The Balaban J connectivity index is 1.22. The number of hydrogen-bond acceptors (Lipinski definition) is 4. The minimum Gasteiger partial charge on any atom is -0.489 e. The zero-order valence-electron chi connectivity index (χ0n) is 22.4. The second-order valence-corrected chi connectivity index (χ2v) is 9.42. The van der Waals surface area contributed by atoms with Gasteiger partial charge >= 0.3 is 0 Å². The lowest BCUT2D eigenvalue weighted by Crippen LogP contribution is -2.32. The van der Waals surface area contributed by atoms with Gasteiger partial charge in [0.2, 0.25) is 11.8 Å². The summed E-state index contributed by atoms with van der Waals surface area (Å²) in [6.45, 7) is 0.895. The van der Waals surface area contributed by atoms with E-state index in [0.29, 0.717) is 41.7 Å². The van der Waals surface area contributed by atoms with E-state index in [1.54, 1.807) is 72.8 Å². The molecule has 0 atom stereocenters. The van der Waals surface area contributed by atoms with Gasteiger partial charge in [0.25, 0.3) is 0 Å². The van der Waals surface area contributed by atoms with E-state index in [4.69, 9.17) is 9.47 Å². The predicted octanol–water partition coefficient (Wildman–Crippen LogP) is 7.21. The Kier molecular flexibility index (Phi) is 9.04. The largest absolute Gasteiger partial charge is 0.489 e. The smallest absolute Gasteiger partial charge is 0.241 e. The van der Waals surface area contributed by atoms with Crippen molar-refractivity contribution in [3.63, 3.8) is 0 Å². The summed E-state index contributed by atoms with van der Waals surface area (Å²) in [7, 11) is 0. The number of ether oxygens (including phenoxy) is 2. The number of nitrogens with one attached hydrogen (secondary N) is 2. The molecular weight excluding hydrogens is 512 g/mol. The molecule has 0 fully saturated rings. The second kappa shape index (κ2) is 13.6. The van der Waals surface area contributed by atoms with Crippen LogP contribution in [0.25, 0.3) is 0 Å². The van der Waals surface area contributed by atoms with Gasteiger partial charge < -0.3 is 20.1 Å². The Morgan fingerprint density at radius 3 is 1.24 bits per heavy atom. The Bertz CT molecular complexity index is 1440. The van der Waals surface area contributed by atoms with E-state index < -0.39 is 17.7 Å². The minimum absolute atomic E-state index is 0.436. The average Bonchev–Trinajstić information content (AvgIpc) is 3.02. The van der Waals surface area contributed by atoms with Crippen LogP contribution in [0.5, 0.6) is 11.5 Å². The van der Waals surface area contributed by atoms with Crippen LogP contribution in [-0.4, -0.2) is 11.8 Å². The van der Waals surface area contributed by atoms with Gasteiger partial charge in [0.05, 0.1) is 0 Å². The molecule has 0 saturated heterocycles. The van der Waals surface area contributed by atoms with Crippen molar-refractivity contribution in [3.05, 3.63) is 156 Å². The van der Waals surface area contributed by atoms with Crippen molar-refractivity contribution >= 4 is 23.2 Å². The van der Waals surface area contributed by atoms with Crippen molar-refractivity contribution in [3.8, 4) is 11.5 Å². The van der Waals surface area contributed by atoms with E-state index in [-0.39, 0.29) is 0 Å². The molecule has 41 heavy (non-hydrogen) atoms. The molecule has 2 amide bonds. The van der Waals surface area contributed by atoms with Crippen LogP contribution in [0, 0.1) is 0 Å². The van der Waals surface area contributed by atoms with Crippen molar-refractivity contribution in [1.29, 1.82) is 0 Å². The van der Waals surface area contributed by atoms with Crippen molar-refractivity contribution in [1.82, 2.24) is 0 Å². The number of carbonyl (C=O) groups excluding carboxylic acids is 2. The molecule has 5 rings (SSSR count). The van der Waals surface area contributed by atoms with Gasteiger partial charge in [0.1, 0.15) is 30.6 Å².